The standard InChI is InChI=1S/C14H16FNO4S/c1-21(18,19)16-6-4-14(5-7-16)9-12(17)11-8-10(15)2-3-13(11)20-14/h2-3,8H,4-7,9H2,1H3. The molecular weight excluding hydrogens is 297 g/mol. The van der Waals surface area contributed by atoms with Crippen LogP contribution in [-0.2, 0) is 10.0 Å². The summed E-state index contributed by atoms with van der Waals surface area (Å²) in [5.41, 5.74) is -0.394. The van der Waals surface area contributed by atoms with Gasteiger partial charge in [0.25, 0.3) is 0 Å². The van der Waals surface area contributed by atoms with Crippen LogP contribution in [0.5, 0.6) is 5.75 Å². The second-order valence-corrected chi connectivity index (χ2v) is 7.67. The van der Waals surface area contributed by atoms with Crippen LogP contribution < -0.4 is 4.74 Å². The van der Waals surface area contributed by atoms with Gasteiger partial charge >= 0.3 is 0 Å². The smallest absolute Gasteiger partial charge is 0.211 e. The minimum absolute atomic E-state index is 0.149. The largest absolute Gasteiger partial charge is 0.486 e. The zero-order valence-electron chi connectivity index (χ0n) is 11.6. The molecular formula is C14H16FNO4S. The van der Waals surface area contributed by atoms with Crippen LogP contribution in [0.1, 0.15) is 29.6 Å². The molecule has 5 nitrogen and oxygen atoms in total. The maximum Gasteiger partial charge on any atom is 0.211 e. The summed E-state index contributed by atoms with van der Waals surface area (Å²) in [6.45, 7) is 0.672. The van der Waals surface area contributed by atoms with E-state index in [9.17, 15) is 17.6 Å². The molecule has 21 heavy (non-hydrogen) atoms. The number of ether oxygens (including phenoxy) is 1. The third-order valence-corrected chi connectivity index (χ3v) is 5.46. The summed E-state index contributed by atoms with van der Waals surface area (Å²) < 4.78 is 43.6. The van der Waals surface area contributed by atoms with Crippen LogP contribution in [0.4, 0.5) is 4.39 Å². The molecule has 3 rings (SSSR count). The number of carbonyl (C=O) groups excluding carboxylic acids is 1. The Morgan fingerprint density at radius 2 is 1.95 bits per heavy atom. The first-order chi connectivity index (χ1) is 9.79. The molecule has 0 N–H and O–H groups in total. The van der Waals surface area contributed by atoms with Gasteiger partial charge in [-0.15, -0.1) is 0 Å². The van der Waals surface area contributed by atoms with Crippen molar-refractivity contribution in [3.8, 4) is 5.75 Å². The van der Waals surface area contributed by atoms with Crippen LogP contribution in [0.25, 0.3) is 0 Å². The molecule has 1 aromatic carbocycles. The van der Waals surface area contributed by atoms with Gasteiger partial charge in [-0.2, -0.15) is 0 Å². The summed E-state index contributed by atoms with van der Waals surface area (Å²) in [5, 5.41) is 0. The zero-order chi connectivity index (χ0) is 15.3. The molecule has 1 fully saturated rings. The SMILES string of the molecule is CS(=O)(=O)N1CCC2(CC1)CC(=O)c1cc(F)ccc1O2. The number of fused-ring (bicyclic) bond motifs is 1. The fourth-order valence-corrected chi connectivity index (χ4v) is 3.82. The van der Waals surface area contributed by atoms with E-state index >= 15 is 0 Å². The Kier molecular flexibility index (Phi) is 3.29. The van der Waals surface area contributed by atoms with Crippen molar-refractivity contribution in [3.05, 3.63) is 29.6 Å². The van der Waals surface area contributed by atoms with Crippen LogP contribution in [0.3, 0.4) is 0 Å². The highest BCUT2D eigenvalue weighted by Gasteiger charge is 2.44. The van der Waals surface area contributed by atoms with E-state index in [0.717, 1.165) is 0 Å². The minimum atomic E-state index is -3.22. The number of ketones is 1. The third-order valence-electron chi connectivity index (χ3n) is 4.15. The average molecular weight is 313 g/mol. The maximum atomic E-state index is 13.2. The number of hydrogen-bond donors (Lipinski definition) is 0. The Balaban J connectivity index is 1.84. The van der Waals surface area contributed by atoms with E-state index in [1.807, 2.05) is 0 Å². The van der Waals surface area contributed by atoms with Gasteiger partial charge in [-0.25, -0.2) is 17.1 Å². The van der Waals surface area contributed by atoms with E-state index in [1.54, 1.807) is 0 Å². The Morgan fingerprint density at radius 3 is 2.57 bits per heavy atom. The maximum absolute atomic E-state index is 13.2. The highest BCUT2D eigenvalue weighted by atomic mass is 32.2. The predicted octanol–water partition coefficient (Wildman–Crippen LogP) is 1.59. The summed E-state index contributed by atoms with van der Waals surface area (Å²) in [7, 11) is -3.22. The van der Waals surface area contributed by atoms with E-state index in [-0.39, 0.29) is 17.8 Å². The number of sulfonamides is 1. The van der Waals surface area contributed by atoms with Crippen molar-refractivity contribution in [1.82, 2.24) is 4.31 Å². The summed E-state index contributed by atoms with van der Waals surface area (Å²) in [6.07, 6.45) is 2.27. The quantitative estimate of drug-likeness (QED) is 0.790. The first-order valence-electron chi connectivity index (χ1n) is 6.76. The van der Waals surface area contributed by atoms with Crippen molar-refractivity contribution >= 4 is 15.8 Å². The highest BCUT2D eigenvalue weighted by molar-refractivity contribution is 7.88. The van der Waals surface area contributed by atoms with Gasteiger partial charge in [-0.05, 0) is 18.2 Å². The van der Waals surface area contributed by atoms with Crippen LogP contribution >= 0.6 is 0 Å². The number of piperidine rings is 1. The van der Waals surface area contributed by atoms with Crippen molar-refractivity contribution in [2.24, 2.45) is 0 Å². The topological polar surface area (TPSA) is 63.7 Å². The number of nitrogens with zero attached hydrogens (tertiary/aromatic N) is 1. The van der Waals surface area contributed by atoms with Gasteiger partial charge in [0.15, 0.2) is 5.78 Å². The number of hydrogen-bond acceptors (Lipinski definition) is 4. The molecule has 0 atom stereocenters. The van der Waals surface area contributed by atoms with E-state index in [2.05, 4.69) is 0 Å². The molecule has 1 saturated heterocycles. The van der Waals surface area contributed by atoms with Crippen LogP contribution in [0.2, 0.25) is 0 Å². The molecule has 1 spiro atoms. The fourth-order valence-electron chi connectivity index (χ4n) is 2.97. The van der Waals surface area contributed by atoms with Gasteiger partial charge in [0.05, 0.1) is 18.2 Å². The Bertz CT molecular complexity index is 693. The molecule has 2 aliphatic heterocycles. The molecule has 114 valence electrons. The molecule has 0 aromatic heterocycles. The van der Waals surface area contributed by atoms with Crippen molar-refractivity contribution in [3.63, 3.8) is 0 Å². The molecule has 0 bridgehead atoms. The molecule has 1 aromatic rings. The second-order valence-electron chi connectivity index (χ2n) is 5.69. The minimum Gasteiger partial charge on any atom is -0.486 e. The fraction of sp³-hybridized carbons (Fsp3) is 0.500. The van der Waals surface area contributed by atoms with Gasteiger partial charge in [0.1, 0.15) is 17.2 Å². The molecule has 2 aliphatic rings. The van der Waals surface area contributed by atoms with Gasteiger partial charge in [-0.1, -0.05) is 0 Å². The van der Waals surface area contributed by atoms with Crippen molar-refractivity contribution < 1.29 is 22.3 Å². The van der Waals surface area contributed by atoms with Gasteiger partial charge in [0.2, 0.25) is 10.0 Å². The lowest BCUT2D eigenvalue weighted by Gasteiger charge is -2.43. The number of benzene rings is 1. The van der Waals surface area contributed by atoms with Gasteiger partial charge in [0, 0.05) is 25.9 Å². The van der Waals surface area contributed by atoms with Crippen LogP contribution in [0, 0.1) is 5.82 Å². The third kappa shape index (κ3) is 2.67. The molecule has 0 amide bonds. The van der Waals surface area contributed by atoms with E-state index in [0.29, 0.717) is 31.7 Å². The van der Waals surface area contributed by atoms with Crippen LogP contribution in [0.15, 0.2) is 18.2 Å². The lowest BCUT2D eigenvalue weighted by molar-refractivity contribution is 0.00590. The predicted molar refractivity (Wildman–Crippen MR) is 74.4 cm³/mol. The molecule has 0 unspecified atom stereocenters. The lowest BCUT2D eigenvalue weighted by atomic mass is 9.83. The molecule has 0 saturated carbocycles. The van der Waals surface area contributed by atoms with Crippen molar-refractivity contribution in [2.75, 3.05) is 19.3 Å². The molecule has 7 heteroatoms. The number of carbonyl (C=O) groups is 1. The van der Waals surface area contributed by atoms with Crippen molar-refractivity contribution in [2.45, 2.75) is 24.9 Å². The van der Waals surface area contributed by atoms with E-state index < -0.39 is 21.4 Å². The highest BCUT2D eigenvalue weighted by Crippen LogP contribution is 2.39. The van der Waals surface area contributed by atoms with Gasteiger partial charge in [-0.3, -0.25) is 4.79 Å². The average Bonchev–Trinajstić information content (AvgIpc) is 2.39. The van der Waals surface area contributed by atoms with Crippen LogP contribution in [-0.4, -0.2) is 43.5 Å². The van der Waals surface area contributed by atoms with E-state index in [1.165, 1.54) is 28.8 Å². The Morgan fingerprint density at radius 1 is 1.29 bits per heavy atom. The molecule has 2 heterocycles. The number of Topliss-reactive ketones (excluding diaryl/α,β-unsaturated/α-hetero) is 1. The van der Waals surface area contributed by atoms with Crippen molar-refractivity contribution in [1.29, 1.82) is 0 Å². The second kappa shape index (κ2) is 4.78. The molecule has 0 radical (unpaired) electrons. The Labute approximate surface area is 122 Å². The summed E-state index contributed by atoms with van der Waals surface area (Å²) in [4.78, 5) is 12.2. The first-order valence-corrected chi connectivity index (χ1v) is 8.61. The lowest BCUT2D eigenvalue weighted by Crippen LogP contribution is -2.52. The summed E-state index contributed by atoms with van der Waals surface area (Å²) >= 11 is 0. The molecule has 0 aliphatic carbocycles. The summed E-state index contributed by atoms with van der Waals surface area (Å²) in [6, 6.07) is 3.92. The normalized spacial score (nSPS) is 21.9. The number of rotatable bonds is 1. The first kappa shape index (κ1) is 14.5. The monoisotopic (exact) mass is 313 g/mol. The van der Waals surface area contributed by atoms with Gasteiger partial charge < -0.3 is 4.74 Å². The van der Waals surface area contributed by atoms with E-state index in [4.69, 9.17) is 4.74 Å². The Hall–Kier alpha value is -1.47. The zero-order valence-corrected chi connectivity index (χ0v) is 12.5. The number of halogens is 1. The summed E-state index contributed by atoms with van der Waals surface area (Å²) in [5.74, 6) is -0.224.